The van der Waals surface area contributed by atoms with Crippen LogP contribution in [0.15, 0.2) is 18.3 Å². The smallest absolute Gasteiger partial charge is 0.222 e. The van der Waals surface area contributed by atoms with E-state index < -0.39 is 0 Å². The summed E-state index contributed by atoms with van der Waals surface area (Å²) in [7, 11) is 0. The number of amides is 1. The Bertz CT molecular complexity index is 1200. The van der Waals surface area contributed by atoms with Crippen molar-refractivity contribution >= 4 is 16.8 Å². The Morgan fingerprint density at radius 2 is 1.88 bits per heavy atom. The molecular weight excluding hydrogens is 410 g/mol. The fourth-order valence-corrected chi connectivity index (χ4v) is 6.86. The molecule has 3 aliphatic rings. The molecule has 174 valence electrons. The number of hydrogen-bond acceptors (Lipinski definition) is 3. The van der Waals surface area contributed by atoms with Crippen molar-refractivity contribution in [1.82, 2.24) is 24.9 Å². The van der Waals surface area contributed by atoms with Crippen LogP contribution in [0.1, 0.15) is 87.2 Å². The Morgan fingerprint density at radius 1 is 1.12 bits per heavy atom. The summed E-state index contributed by atoms with van der Waals surface area (Å²) in [6.45, 7) is 8.32. The molecule has 0 unspecified atom stereocenters. The number of fused-ring (bicyclic) bond motifs is 1. The first-order chi connectivity index (χ1) is 16.0. The fourth-order valence-electron chi connectivity index (χ4n) is 6.86. The zero-order chi connectivity index (χ0) is 22.7. The summed E-state index contributed by atoms with van der Waals surface area (Å²) in [4.78, 5) is 14.1. The minimum absolute atomic E-state index is 0.296. The van der Waals surface area contributed by atoms with Crippen LogP contribution in [0.2, 0.25) is 0 Å². The van der Waals surface area contributed by atoms with E-state index >= 15 is 0 Å². The van der Waals surface area contributed by atoms with Gasteiger partial charge in [-0.2, -0.15) is 10.2 Å². The van der Waals surface area contributed by atoms with Crippen LogP contribution in [-0.4, -0.2) is 43.9 Å². The first-order valence-electron chi connectivity index (χ1n) is 12.8. The SMILES string of the molecule is CCC(=O)N1CC2(CC(n3nc(C4CCCCC4)c(-c4c(C)ccc5[nH]ncc45)c3C)C2)C1. The molecule has 6 heteroatoms. The molecule has 1 aliphatic heterocycles. The van der Waals surface area contributed by atoms with Crippen molar-refractivity contribution in [2.24, 2.45) is 5.41 Å². The van der Waals surface area contributed by atoms with Crippen LogP contribution >= 0.6 is 0 Å². The van der Waals surface area contributed by atoms with Gasteiger partial charge in [0.25, 0.3) is 0 Å². The number of rotatable bonds is 4. The Morgan fingerprint density at radius 3 is 2.61 bits per heavy atom. The van der Waals surface area contributed by atoms with Crippen LogP contribution in [0.3, 0.4) is 0 Å². The molecule has 3 aromatic rings. The highest BCUT2D eigenvalue weighted by Gasteiger charge is 2.54. The summed E-state index contributed by atoms with van der Waals surface area (Å²) in [5.74, 6) is 0.843. The van der Waals surface area contributed by atoms with Gasteiger partial charge in [-0.3, -0.25) is 14.6 Å². The average Bonchev–Trinajstić information content (AvgIpc) is 3.37. The topological polar surface area (TPSA) is 66.8 Å². The molecule has 33 heavy (non-hydrogen) atoms. The highest BCUT2D eigenvalue weighted by Crippen LogP contribution is 2.55. The molecule has 6 nitrogen and oxygen atoms in total. The van der Waals surface area contributed by atoms with E-state index in [1.54, 1.807) is 0 Å². The van der Waals surface area contributed by atoms with Gasteiger partial charge in [-0.05, 0) is 56.7 Å². The van der Waals surface area contributed by atoms with Crippen LogP contribution in [-0.2, 0) is 4.79 Å². The second-order valence-electron chi connectivity index (χ2n) is 10.9. The lowest BCUT2D eigenvalue weighted by atomic mass is 9.60. The highest BCUT2D eigenvalue weighted by atomic mass is 16.2. The number of likely N-dealkylation sites (tertiary alicyclic amines) is 1. The van der Waals surface area contributed by atoms with Crippen LogP contribution in [0.4, 0.5) is 0 Å². The van der Waals surface area contributed by atoms with E-state index in [0.29, 0.717) is 29.7 Å². The average molecular weight is 446 g/mol. The minimum Gasteiger partial charge on any atom is -0.341 e. The fraction of sp³-hybridized carbons (Fsp3) is 0.593. The van der Waals surface area contributed by atoms with Gasteiger partial charge in [0, 0.05) is 47.5 Å². The predicted molar refractivity (Wildman–Crippen MR) is 130 cm³/mol. The van der Waals surface area contributed by atoms with Gasteiger partial charge in [0.2, 0.25) is 5.91 Å². The van der Waals surface area contributed by atoms with Gasteiger partial charge >= 0.3 is 0 Å². The lowest BCUT2D eigenvalue weighted by Crippen LogP contribution is -2.63. The number of nitrogens with zero attached hydrogens (tertiary/aromatic N) is 4. The van der Waals surface area contributed by atoms with Crippen LogP contribution in [0.5, 0.6) is 0 Å². The van der Waals surface area contributed by atoms with Gasteiger partial charge < -0.3 is 4.90 Å². The normalized spacial score (nSPS) is 20.9. The van der Waals surface area contributed by atoms with E-state index in [0.717, 1.165) is 31.4 Å². The summed E-state index contributed by atoms with van der Waals surface area (Å²) in [5.41, 5.74) is 7.98. The number of aromatic nitrogens is 4. The number of nitrogens with one attached hydrogen (secondary N) is 1. The maximum Gasteiger partial charge on any atom is 0.222 e. The van der Waals surface area contributed by atoms with Crippen molar-refractivity contribution in [3.8, 4) is 11.1 Å². The van der Waals surface area contributed by atoms with E-state index in [2.05, 4.69) is 40.9 Å². The van der Waals surface area contributed by atoms with Gasteiger partial charge in [0.1, 0.15) is 0 Å². The molecular formula is C27H35N5O. The van der Waals surface area contributed by atoms with Gasteiger partial charge in [0.15, 0.2) is 0 Å². The summed E-state index contributed by atoms with van der Waals surface area (Å²) in [6, 6.07) is 4.80. The van der Waals surface area contributed by atoms with Crippen molar-refractivity contribution in [3.63, 3.8) is 0 Å². The zero-order valence-corrected chi connectivity index (χ0v) is 20.2. The molecule has 3 heterocycles. The molecule has 1 N–H and O–H groups in total. The van der Waals surface area contributed by atoms with Crippen molar-refractivity contribution in [2.45, 2.75) is 84.1 Å². The van der Waals surface area contributed by atoms with Crippen molar-refractivity contribution in [1.29, 1.82) is 0 Å². The molecule has 0 radical (unpaired) electrons. The third-order valence-corrected chi connectivity index (χ3v) is 8.64. The van der Waals surface area contributed by atoms with Gasteiger partial charge in [-0.25, -0.2) is 0 Å². The second-order valence-corrected chi connectivity index (χ2v) is 10.9. The number of carbonyl (C=O) groups excluding carboxylic acids is 1. The van der Waals surface area contributed by atoms with Crippen LogP contribution < -0.4 is 0 Å². The number of aromatic amines is 1. The Kier molecular flexibility index (Phi) is 4.89. The molecule has 0 bridgehead atoms. The summed E-state index contributed by atoms with van der Waals surface area (Å²) >= 11 is 0. The molecule has 1 aromatic carbocycles. The minimum atomic E-state index is 0.296. The highest BCUT2D eigenvalue weighted by molar-refractivity contribution is 5.97. The molecule has 1 amide bonds. The summed E-state index contributed by atoms with van der Waals surface area (Å²) in [5, 5.41) is 14.1. The predicted octanol–water partition coefficient (Wildman–Crippen LogP) is 5.66. The Balaban J connectivity index is 1.37. The third kappa shape index (κ3) is 3.24. The molecule has 1 spiro atoms. The number of hydrogen-bond donors (Lipinski definition) is 1. The number of benzene rings is 1. The summed E-state index contributed by atoms with van der Waals surface area (Å²) in [6.07, 6.45) is 11.3. The van der Waals surface area contributed by atoms with Crippen LogP contribution in [0.25, 0.3) is 22.0 Å². The quantitative estimate of drug-likeness (QED) is 0.563. The molecule has 2 aromatic heterocycles. The maximum atomic E-state index is 12.0. The van der Waals surface area contributed by atoms with Gasteiger partial charge in [-0.1, -0.05) is 32.3 Å². The lowest BCUT2D eigenvalue weighted by molar-refractivity contribution is -0.154. The van der Waals surface area contributed by atoms with E-state index in [4.69, 9.17) is 5.10 Å². The first kappa shape index (κ1) is 20.9. The Labute approximate surface area is 195 Å². The third-order valence-electron chi connectivity index (χ3n) is 8.64. The van der Waals surface area contributed by atoms with E-state index in [1.165, 1.54) is 65.6 Å². The van der Waals surface area contributed by atoms with E-state index in [-0.39, 0.29) is 0 Å². The monoisotopic (exact) mass is 445 g/mol. The van der Waals surface area contributed by atoms with Gasteiger partial charge in [-0.15, -0.1) is 0 Å². The molecule has 2 saturated carbocycles. The Hall–Kier alpha value is -2.63. The largest absolute Gasteiger partial charge is 0.341 e. The standard InChI is InChI=1S/C27H35N5O/c1-4-23(33)31-15-27(16-31)12-20(13-27)32-18(3)25(26(30-32)19-8-6-5-7-9-19)24-17(2)10-11-22-21(24)14-28-29-22/h10-11,14,19-20H,4-9,12-13,15-16H2,1-3H3,(H,28,29). The van der Waals surface area contributed by atoms with Crippen molar-refractivity contribution < 1.29 is 4.79 Å². The maximum absolute atomic E-state index is 12.0. The molecule has 3 fully saturated rings. The second kappa shape index (κ2) is 7.71. The van der Waals surface area contributed by atoms with Crippen molar-refractivity contribution in [2.75, 3.05) is 13.1 Å². The van der Waals surface area contributed by atoms with Gasteiger partial charge in [0.05, 0.1) is 23.4 Å². The summed E-state index contributed by atoms with van der Waals surface area (Å²) < 4.78 is 2.35. The van der Waals surface area contributed by atoms with E-state index in [1.807, 2.05) is 18.0 Å². The lowest BCUT2D eigenvalue weighted by Gasteiger charge is -2.59. The molecule has 0 atom stereocenters. The van der Waals surface area contributed by atoms with Crippen LogP contribution in [0, 0.1) is 19.3 Å². The number of carbonyl (C=O) groups is 1. The van der Waals surface area contributed by atoms with E-state index in [9.17, 15) is 4.79 Å². The molecule has 6 rings (SSSR count). The first-order valence-corrected chi connectivity index (χ1v) is 12.8. The zero-order valence-electron chi connectivity index (χ0n) is 20.2. The molecule has 1 saturated heterocycles. The van der Waals surface area contributed by atoms with Crippen molar-refractivity contribution in [3.05, 3.63) is 35.3 Å². The number of H-pyrrole nitrogens is 1. The molecule has 2 aliphatic carbocycles. The number of aryl methyl sites for hydroxylation is 1.